The van der Waals surface area contributed by atoms with Gasteiger partial charge in [-0.2, -0.15) is 13.2 Å². The number of aryl methyl sites for hydroxylation is 1. The van der Waals surface area contributed by atoms with Gasteiger partial charge in [-0.15, -0.1) is 5.10 Å². The fourth-order valence-corrected chi connectivity index (χ4v) is 3.65. The Morgan fingerprint density at radius 3 is 2.55 bits per heavy atom. The maximum Gasteiger partial charge on any atom is 0.414 e. The van der Waals surface area contributed by atoms with Crippen LogP contribution in [0, 0.1) is 0 Å². The summed E-state index contributed by atoms with van der Waals surface area (Å²) in [6, 6.07) is 1.84. The Labute approximate surface area is 180 Å². The number of aromatic nitrogens is 3. The minimum atomic E-state index is -4.42. The van der Waals surface area contributed by atoms with Crippen LogP contribution in [0.4, 0.5) is 29.5 Å². The van der Waals surface area contributed by atoms with Crippen molar-refractivity contribution in [2.75, 3.05) is 16.8 Å². The van der Waals surface area contributed by atoms with Gasteiger partial charge in [-0.1, -0.05) is 19.8 Å². The number of ether oxygens (including phenoxy) is 1. The minimum absolute atomic E-state index is 0.244. The lowest BCUT2D eigenvalue weighted by atomic mass is 10.2. The highest BCUT2D eigenvalue weighted by atomic mass is 19.4. The molecule has 0 atom stereocenters. The van der Waals surface area contributed by atoms with Crippen LogP contribution < -0.4 is 10.2 Å². The van der Waals surface area contributed by atoms with Crippen molar-refractivity contribution >= 4 is 23.2 Å². The van der Waals surface area contributed by atoms with Crippen LogP contribution in [0.15, 0.2) is 12.3 Å². The molecule has 0 bridgehead atoms. The van der Waals surface area contributed by atoms with Crippen molar-refractivity contribution in [2.24, 2.45) is 0 Å². The Bertz CT molecular complexity index is 914. The van der Waals surface area contributed by atoms with E-state index in [1.165, 1.54) is 0 Å². The molecule has 1 aliphatic rings. The van der Waals surface area contributed by atoms with Gasteiger partial charge in [0.2, 0.25) is 0 Å². The fraction of sp³-hybridized carbons (Fsp3) is 0.667. The average molecular weight is 441 g/mol. The monoisotopic (exact) mass is 441 g/mol. The number of nitrogens with one attached hydrogen (secondary N) is 1. The van der Waals surface area contributed by atoms with Crippen LogP contribution in [0.2, 0.25) is 0 Å². The van der Waals surface area contributed by atoms with E-state index in [2.05, 4.69) is 15.4 Å². The SMILES string of the molecule is CCc1cnc2c(N(CCC(F)(F)F)C(=O)OC(C)(C)C)cc(NC3CCCC3)nn12. The number of nitrogens with zero attached hydrogens (tertiary/aromatic N) is 4. The molecule has 0 unspecified atom stereocenters. The molecule has 1 saturated carbocycles. The van der Waals surface area contributed by atoms with E-state index in [-0.39, 0.29) is 11.7 Å². The lowest BCUT2D eigenvalue weighted by Crippen LogP contribution is -2.39. The second-order valence-corrected chi connectivity index (χ2v) is 8.88. The van der Waals surface area contributed by atoms with E-state index in [0.717, 1.165) is 36.3 Å². The molecule has 1 fully saturated rings. The second-order valence-electron chi connectivity index (χ2n) is 8.88. The molecule has 7 nitrogen and oxygen atoms in total. The quantitative estimate of drug-likeness (QED) is 0.655. The van der Waals surface area contributed by atoms with E-state index in [0.29, 0.717) is 17.9 Å². The zero-order valence-corrected chi connectivity index (χ0v) is 18.4. The summed E-state index contributed by atoms with van der Waals surface area (Å²) in [6.45, 7) is 6.39. The Kier molecular flexibility index (Phi) is 6.66. The van der Waals surface area contributed by atoms with Crippen molar-refractivity contribution in [1.82, 2.24) is 14.6 Å². The Hall–Kier alpha value is -2.52. The van der Waals surface area contributed by atoms with Crippen molar-refractivity contribution in [1.29, 1.82) is 0 Å². The molecule has 0 spiro atoms. The second kappa shape index (κ2) is 8.92. The molecule has 2 aromatic rings. The van der Waals surface area contributed by atoms with Gasteiger partial charge in [0.15, 0.2) is 5.65 Å². The van der Waals surface area contributed by atoms with Crippen LogP contribution in [0.3, 0.4) is 0 Å². The molecule has 2 heterocycles. The summed E-state index contributed by atoms with van der Waals surface area (Å²) in [7, 11) is 0. The number of amides is 1. The van der Waals surface area contributed by atoms with E-state index in [9.17, 15) is 18.0 Å². The summed E-state index contributed by atoms with van der Waals surface area (Å²) in [5.41, 5.74) is 0.507. The summed E-state index contributed by atoms with van der Waals surface area (Å²) in [4.78, 5) is 18.3. The maximum atomic E-state index is 13.0. The van der Waals surface area contributed by atoms with Crippen LogP contribution >= 0.6 is 0 Å². The fourth-order valence-electron chi connectivity index (χ4n) is 3.65. The van der Waals surface area contributed by atoms with Gasteiger partial charge in [-0.05, 0) is 40.0 Å². The lowest BCUT2D eigenvalue weighted by molar-refractivity contribution is -0.132. The molecule has 10 heteroatoms. The van der Waals surface area contributed by atoms with Crippen LogP contribution in [0.1, 0.15) is 65.5 Å². The Morgan fingerprint density at radius 2 is 1.97 bits per heavy atom. The first-order valence-electron chi connectivity index (χ1n) is 10.7. The van der Waals surface area contributed by atoms with Crippen molar-refractivity contribution < 1.29 is 22.7 Å². The van der Waals surface area contributed by atoms with Gasteiger partial charge < -0.3 is 10.1 Å². The van der Waals surface area contributed by atoms with Gasteiger partial charge in [0.05, 0.1) is 24.0 Å². The number of hydrogen-bond donors (Lipinski definition) is 1. The summed E-state index contributed by atoms with van der Waals surface area (Å²) < 4.78 is 46.1. The topological polar surface area (TPSA) is 71.8 Å². The van der Waals surface area contributed by atoms with Crippen LogP contribution in [0.5, 0.6) is 0 Å². The van der Waals surface area contributed by atoms with Gasteiger partial charge in [-0.25, -0.2) is 14.3 Å². The molecular weight excluding hydrogens is 411 g/mol. The molecule has 0 aliphatic heterocycles. The van der Waals surface area contributed by atoms with Crippen LogP contribution in [-0.4, -0.2) is 45.1 Å². The first-order chi connectivity index (χ1) is 14.5. The maximum absolute atomic E-state index is 13.0. The van der Waals surface area contributed by atoms with E-state index in [1.54, 1.807) is 37.5 Å². The summed E-state index contributed by atoms with van der Waals surface area (Å²) in [6.07, 6.45) is 0.0792. The number of halogens is 3. The molecular formula is C21H30F3N5O2. The van der Waals surface area contributed by atoms with Crippen molar-refractivity contribution in [3.63, 3.8) is 0 Å². The Morgan fingerprint density at radius 1 is 1.29 bits per heavy atom. The van der Waals surface area contributed by atoms with Crippen molar-refractivity contribution in [3.05, 3.63) is 18.0 Å². The van der Waals surface area contributed by atoms with E-state index >= 15 is 0 Å². The number of imidazole rings is 1. The highest BCUT2D eigenvalue weighted by Gasteiger charge is 2.33. The lowest BCUT2D eigenvalue weighted by Gasteiger charge is -2.28. The van der Waals surface area contributed by atoms with Gasteiger partial charge in [0.25, 0.3) is 0 Å². The predicted octanol–water partition coefficient (Wildman–Crippen LogP) is 5.34. The number of hydrogen-bond acceptors (Lipinski definition) is 5. The molecule has 1 aliphatic carbocycles. The minimum Gasteiger partial charge on any atom is -0.443 e. The van der Waals surface area contributed by atoms with Gasteiger partial charge >= 0.3 is 12.3 Å². The Balaban J connectivity index is 2.05. The molecule has 31 heavy (non-hydrogen) atoms. The first-order valence-corrected chi connectivity index (χ1v) is 10.7. The standard InChI is InChI=1S/C21H30F3N5O2/c1-5-15-13-25-18-16(12-17(27-29(15)18)26-14-8-6-7-9-14)28(11-10-21(22,23)24)19(30)31-20(2,3)4/h12-14H,5-11H2,1-4H3,(H,26,27). The van der Waals surface area contributed by atoms with E-state index in [4.69, 9.17) is 4.74 Å². The molecule has 0 saturated heterocycles. The molecule has 0 aromatic carbocycles. The molecule has 1 amide bonds. The van der Waals surface area contributed by atoms with Crippen molar-refractivity contribution in [2.45, 2.75) is 84.0 Å². The summed E-state index contributed by atoms with van der Waals surface area (Å²) in [5, 5.41) is 7.97. The number of carbonyl (C=O) groups excluding carboxylic acids is 1. The average Bonchev–Trinajstić information content (AvgIpc) is 3.28. The number of anilines is 2. The normalized spacial score (nSPS) is 15.5. The number of rotatable bonds is 6. The zero-order chi connectivity index (χ0) is 22.8. The van der Waals surface area contributed by atoms with Gasteiger partial charge in [0, 0.05) is 18.7 Å². The van der Waals surface area contributed by atoms with E-state index in [1.807, 2.05) is 6.92 Å². The van der Waals surface area contributed by atoms with Gasteiger partial charge in [0.1, 0.15) is 11.4 Å². The summed E-state index contributed by atoms with van der Waals surface area (Å²) >= 11 is 0. The third-order valence-electron chi connectivity index (χ3n) is 5.11. The molecule has 0 radical (unpaired) electrons. The van der Waals surface area contributed by atoms with Crippen molar-refractivity contribution in [3.8, 4) is 0 Å². The summed E-state index contributed by atoms with van der Waals surface area (Å²) in [5.74, 6) is 0.502. The largest absolute Gasteiger partial charge is 0.443 e. The molecule has 1 N–H and O–H groups in total. The third-order valence-corrected chi connectivity index (χ3v) is 5.11. The van der Waals surface area contributed by atoms with Crippen LogP contribution in [0.25, 0.3) is 5.65 Å². The number of alkyl halides is 3. The van der Waals surface area contributed by atoms with Crippen LogP contribution in [-0.2, 0) is 11.2 Å². The zero-order valence-electron chi connectivity index (χ0n) is 18.4. The van der Waals surface area contributed by atoms with Gasteiger partial charge in [-0.3, -0.25) is 4.90 Å². The van der Waals surface area contributed by atoms with E-state index < -0.39 is 30.8 Å². The smallest absolute Gasteiger partial charge is 0.414 e. The molecule has 3 rings (SSSR count). The third kappa shape index (κ3) is 6.01. The molecule has 172 valence electrons. The molecule has 2 aromatic heterocycles. The number of fused-ring (bicyclic) bond motifs is 1. The number of carbonyl (C=O) groups is 1. The highest BCUT2D eigenvalue weighted by molar-refractivity contribution is 5.93. The predicted molar refractivity (Wildman–Crippen MR) is 112 cm³/mol. The highest BCUT2D eigenvalue weighted by Crippen LogP contribution is 2.30. The first kappa shape index (κ1) is 23.1.